The fourth-order valence-electron chi connectivity index (χ4n) is 3.21. The van der Waals surface area contributed by atoms with E-state index in [1.807, 2.05) is 21.1 Å². The minimum Gasteiger partial charge on any atom is -0.330 e. The Morgan fingerprint density at radius 3 is 2.54 bits per heavy atom. The molecular weight excluding hydrogens is 330 g/mol. The van der Waals surface area contributed by atoms with E-state index in [1.165, 1.54) is 6.07 Å². The lowest BCUT2D eigenvalue weighted by atomic mass is 9.82. The number of nitrogens with one attached hydrogen (secondary N) is 1. The van der Waals surface area contributed by atoms with Crippen LogP contribution in [0, 0.1) is 10.1 Å². The third-order valence-electron chi connectivity index (χ3n) is 4.67. The van der Waals surface area contributed by atoms with E-state index in [4.69, 9.17) is 23.1 Å². The quantitative estimate of drug-likeness (QED) is 0.460. The zero-order valence-electron chi connectivity index (χ0n) is 14.8. The first kappa shape index (κ1) is 20.8. The molecule has 7 nitrogen and oxygen atoms in total. The molecule has 0 spiro atoms. The summed E-state index contributed by atoms with van der Waals surface area (Å²) in [4.78, 5) is 12.9. The number of likely N-dealkylation sites (N-methyl/N-ethyl adjacent to an activating group) is 2. The van der Waals surface area contributed by atoms with Crippen LogP contribution in [0.15, 0.2) is 18.2 Å². The molecule has 0 aliphatic carbocycles. The molecule has 0 saturated heterocycles. The van der Waals surface area contributed by atoms with Gasteiger partial charge >= 0.3 is 0 Å². The SMILES string of the molecule is CNC(C)(CCN)C(CC(N)c1c(Cl)cccc1[N+](=O)[O-])N(C)C. The monoisotopic (exact) mass is 357 g/mol. The lowest BCUT2D eigenvalue weighted by Gasteiger charge is -2.42. The van der Waals surface area contributed by atoms with E-state index in [0.717, 1.165) is 6.42 Å². The summed E-state index contributed by atoms with van der Waals surface area (Å²) in [7, 11) is 5.81. The van der Waals surface area contributed by atoms with Crippen LogP contribution in [0.3, 0.4) is 0 Å². The molecule has 1 aromatic carbocycles. The van der Waals surface area contributed by atoms with Crippen LogP contribution in [0.5, 0.6) is 0 Å². The van der Waals surface area contributed by atoms with E-state index in [0.29, 0.717) is 23.6 Å². The van der Waals surface area contributed by atoms with Gasteiger partial charge < -0.3 is 21.7 Å². The van der Waals surface area contributed by atoms with Gasteiger partial charge in [-0.25, -0.2) is 0 Å². The second kappa shape index (κ2) is 8.73. The van der Waals surface area contributed by atoms with E-state index in [9.17, 15) is 10.1 Å². The first-order chi connectivity index (χ1) is 11.2. The Balaban J connectivity index is 3.19. The second-order valence-electron chi connectivity index (χ2n) is 6.46. The maximum Gasteiger partial charge on any atom is 0.275 e. The van der Waals surface area contributed by atoms with Crippen molar-refractivity contribution >= 4 is 17.3 Å². The molecule has 0 aliphatic heterocycles. The molecule has 0 heterocycles. The standard InChI is InChI=1S/C16H28ClN5O2/c1-16(20-2,8-9-18)14(21(3)4)10-12(19)15-11(17)6-5-7-13(15)22(23)24/h5-7,12,14,20H,8-10,18-19H2,1-4H3. The first-order valence-electron chi connectivity index (χ1n) is 7.91. The summed E-state index contributed by atoms with van der Waals surface area (Å²) in [5.74, 6) is 0. The average Bonchev–Trinajstić information content (AvgIpc) is 2.51. The molecule has 0 aliphatic rings. The van der Waals surface area contributed by atoms with Crippen LogP contribution in [0.1, 0.15) is 31.4 Å². The molecule has 8 heteroatoms. The highest BCUT2D eigenvalue weighted by atomic mass is 35.5. The molecule has 0 amide bonds. The third-order valence-corrected chi connectivity index (χ3v) is 5.00. The Bertz CT molecular complexity index is 569. The molecule has 3 atom stereocenters. The normalized spacial score (nSPS) is 16.7. The molecule has 0 bridgehead atoms. The molecule has 1 aromatic rings. The minimum absolute atomic E-state index is 0.0249. The lowest BCUT2D eigenvalue weighted by Crippen LogP contribution is -2.57. The molecule has 5 N–H and O–H groups in total. The Labute approximate surface area is 148 Å². The van der Waals surface area contributed by atoms with Gasteiger partial charge in [0.1, 0.15) is 0 Å². The Morgan fingerprint density at radius 1 is 1.46 bits per heavy atom. The number of halogens is 1. The van der Waals surface area contributed by atoms with Crippen LogP contribution in [0.4, 0.5) is 5.69 Å². The fourth-order valence-corrected chi connectivity index (χ4v) is 3.52. The zero-order valence-corrected chi connectivity index (χ0v) is 15.5. The van der Waals surface area contributed by atoms with E-state index in [1.54, 1.807) is 12.1 Å². The van der Waals surface area contributed by atoms with Gasteiger partial charge in [-0.05, 0) is 53.5 Å². The van der Waals surface area contributed by atoms with E-state index in [2.05, 4.69) is 17.1 Å². The van der Waals surface area contributed by atoms with Crippen LogP contribution >= 0.6 is 11.6 Å². The maximum atomic E-state index is 11.3. The largest absolute Gasteiger partial charge is 0.330 e. The average molecular weight is 358 g/mol. The highest BCUT2D eigenvalue weighted by molar-refractivity contribution is 6.31. The summed E-state index contributed by atoms with van der Waals surface area (Å²) in [5.41, 5.74) is 12.2. The molecule has 1 rings (SSSR count). The van der Waals surface area contributed by atoms with Crippen molar-refractivity contribution in [3.05, 3.63) is 38.9 Å². The van der Waals surface area contributed by atoms with Crippen molar-refractivity contribution in [2.24, 2.45) is 11.5 Å². The van der Waals surface area contributed by atoms with Crippen LogP contribution in [-0.2, 0) is 0 Å². The predicted octanol–water partition coefficient (Wildman–Crippen LogP) is 1.90. The number of nitrogens with zero attached hydrogens (tertiary/aromatic N) is 2. The van der Waals surface area contributed by atoms with Crippen LogP contribution in [0.2, 0.25) is 5.02 Å². The predicted molar refractivity (Wildman–Crippen MR) is 98.3 cm³/mol. The number of nitrogens with two attached hydrogens (primary N) is 2. The first-order valence-corrected chi connectivity index (χ1v) is 8.29. The number of hydrogen-bond acceptors (Lipinski definition) is 6. The zero-order chi connectivity index (χ0) is 18.5. The molecule has 0 saturated carbocycles. The van der Waals surface area contributed by atoms with Gasteiger partial charge in [-0.1, -0.05) is 17.7 Å². The molecule has 3 unspecified atom stereocenters. The van der Waals surface area contributed by atoms with Gasteiger partial charge in [-0.15, -0.1) is 0 Å². The van der Waals surface area contributed by atoms with E-state index >= 15 is 0 Å². The number of nitro benzene ring substituents is 1. The van der Waals surface area contributed by atoms with Crippen molar-refractivity contribution in [3.63, 3.8) is 0 Å². The van der Waals surface area contributed by atoms with Crippen molar-refractivity contribution in [2.45, 2.75) is 37.4 Å². The van der Waals surface area contributed by atoms with E-state index < -0.39 is 11.0 Å². The van der Waals surface area contributed by atoms with Crippen molar-refractivity contribution in [3.8, 4) is 0 Å². The molecule has 136 valence electrons. The van der Waals surface area contributed by atoms with Crippen molar-refractivity contribution in [1.29, 1.82) is 0 Å². The Kier molecular flexibility index (Phi) is 7.56. The van der Waals surface area contributed by atoms with Crippen molar-refractivity contribution in [1.82, 2.24) is 10.2 Å². The Hall–Kier alpha value is -1.25. The molecule has 24 heavy (non-hydrogen) atoms. The summed E-state index contributed by atoms with van der Waals surface area (Å²) < 4.78 is 0. The minimum atomic E-state index is -0.558. The number of nitro groups is 1. The van der Waals surface area contributed by atoms with Crippen LogP contribution < -0.4 is 16.8 Å². The molecule has 0 radical (unpaired) electrons. The molecule has 0 aromatic heterocycles. The molecular formula is C16H28ClN5O2. The lowest BCUT2D eigenvalue weighted by molar-refractivity contribution is -0.385. The van der Waals surface area contributed by atoms with Gasteiger partial charge in [-0.2, -0.15) is 0 Å². The number of hydrogen-bond donors (Lipinski definition) is 3. The summed E-state index contributed by atoms with van der Waals surface area (Å²) in [6.07, 6.45) is 1.26. The topological polar surface area (TPSA) is 110 Å². The van der Waals surface area contributed by atoms with Gasteiger partial charge in [0.2, 0.25) is 0 Å². The van der Waals surface area contributed by atoms with Gasteiger partial charge in [0.05, 0.1) is 15.5 Å². The second-order valence-corrected chi connectivity index (χ2v) is 6.86. The summed E-state index contributed by atoms with van der Waals surface area (Å²) in [5, 5.41) is 14.9. The van der Waals surface area contributed by atoms with Gasteiger partial charge in [0.25, 0.3) is 5.69 Å². The maximum absolute atomic E-state index is 11.3. The number of benzene rings is 1. The van der Waals surface area contributed by atoms with Crippen LogP contribution in [0.25, 0.3) is 0 Å². The Morgan fingerprint density at radius 2 is 2.08 bits per heavy atom. The van der Waals surface area contributed by atoms with E-state index in [-0.39, 0.29) is 17.3 Å². The van der Waals surface area contributed by atoms with Gasteiger partial charge in [-0.3, -0.25) is 10.1 Å². The smallest absolute Gasteiger partial charge is 0.275 e. The highest BCUT2D eigenvalue weighted by Crippen LogP contribution is 2.35. The van der Waals surface area contributed by atoms with Gasteiger partial charge in [0, 0.05) is 23.7 Å². The summed E-state index contributed by atoms with van der Waals surface area (Å²) >= 11 is 6.21. The highest BCUT2D eigenvalue weighted by Gasteiger charge is 2.36. The van der Waals surface area contributed by atoms with Crippen LogP contribution in [-0.4, -0.2) is 49.1 Å². The molecule has 0 fully saturated rings. The fraction of sp³-hybridized carbons (Fsp3) is 0.625. The van der Waals surface area contributed by atoms with Crippen molar-refractivity contribution < 1.29 is 4.92 Å². The van der Waals surface area contributed by atoms with Crippen molar-refractivity contribution in [2.75, 3.05) is 27.7 Å². The summed E-state index contributed by atoms with van der Waals surface area (Å²) in [6.45, 7) is 2.61. The van der Waals surface area contributed by atoms with Gasteiger partial charge in [0.15, 0.2) is 0 Å². The third kappa shape index (κ3) is 4.64. The number of rotatable bonds is 9. The summed E-state index contributed by atoms with van der Waals surface area (Å²) in [6, 6.07) is 4.09.